The molecule has 0 aromatic carbocycles. The van der Waals surface area contributed by atoms with Crippen LogP contribution in [0.5, 0.6) is 0 Å². The predicted molar refractivity (Wildman–Crippen MR) is 37.4 cm³/mol. The van der Waals surface area contributed by atoms with E-state index in [0.29, 0.717) is 6.04 Å². The van der Waals surface area contributed by atoms with Crippen molar-refractivity contribution >= 4 is 5.97 Å². The molecule has 3 heteroatoms. The lowest BCUT2D eigenvalue weighted by molar-refractivity contribution is -0.777. The first kappa shape index (κ1) is 7.54. The molecule has 1 heterocycles. The molecule has 1 aliphatic rings. The molecule has 3 nitrogen and oxygen atoms in total. The molecule has 0 amide bonds. The average Bonchev–Trinajstić information content (AvgIpc) is 2.33. The van der Waals surface area contributed by atoms with Gasteiger partial charge in [0, 0.05) is 0 Å². The summed E-state index contributed by atoms with van der Waals surface area (Å²) < 4.78 is 5.40. The van der Waals surface area contributed by atoms with Crippen molar-refractivity contribution in [1.82, 2.24) is 0 Å². The molecule has 1 saturated heterocycles. The number of rotatable bonds is 1. The molecule has 0 N–H and O–H groups in total. The minimum absolute atomic E-state index is 0.0741. The molecule has 2 atom stereocenters. The summed E-state index contributed by atoms with van der Waals surface area (Å²) in [5, 5.41) is 0. The number of hydrogen-bond acceptors (Lipinski definition) is 2. The highest BCUT2D eigenvalue weighted by Gasteiger charge is 2.62. The number of methoxy groups -OCH3 is 1. The number of likely N-dealkylation sites (N-methyl/N-ethyl adjacent to an activating group) is 1. The maximum absolute atomic E-state index is 11.0. The highest BCUT2D eigenvalue weighted by molar-refractivity contribution is 5.77. The Morgan fingerprint density at radius 2 is 1.90 bits per heavy atom. The summed E-state index contributed by atoms with van der Waals surface area (Å²) in [6.07, 6.45) is 0. The molecular formula is C7H14NO2+. The molecule has 0 saturated carbocycles. The van der Waals surface area contributed by atoms with Crippen molar-refractivity contribution in [1.29, 1.82) is 0 Å². The largest absolute Gasteiger partial charge is 0.464 e. The van der Waals surface area contributed by atoms with E-state index in [-0.39, 0.29) is 12.0 Å². The lowest BCUT2D eigenvalue weighted by atomic mass is 10.3. The van der Waals surface area contributed by atoms with Crippen LogP contribution >= 0.6 is 0 Å². The zero-order chi connectivity index (χ0) is 7.94. The maximum atomic E-state index is 11.0. The van der Waals surface area contributed by atoms with Gasteiger partial charge in [-0.05, 0) is 6.92 Å². The van der Waals surface area contributed by atoms with Crippen LogP contribution in [0.15, 0.2) is 0 Å². The van der Waals surface area contributed by atoms with Crippen LogP contribution in [0.2, 0.25) is 0 Å². The van der Waals surface area contributed by atoms with E-state index in [1.54, 1.807) is 0 Å². The lowest BCUT2D eigenvalue weighted by Gasteiger charge is -2.04. The van der Waals surface area contributed by atoms with Crippen LogP contribution in [0.1, 0.15) is 6.92 Å². The average molecular weight is 144 g/mol. The Morgan fingerprint density at radius 1 is 1.50 bits per heavy atom. The summed E-state index contributed by atoms with van der Waals surface area (Å²) in [5.74, 6) is -0.0856. The fourth-order valence-electron chi connectivity index (χ4n) is 1.37. The molecule has 0 radical (unpaired) electrons. The Bertz CT molecular complexity index is 165. The molecular weight excluding hydrogens is 130 g/mol. The highest BCUT2D eigenvalue weighted by atomic mass is 16.5. The molecule has 0 aliphatic carbocycles. The number of nitrogens with zero attached hydrogens (tertiary/aromatic N) is 1. The van der Waals surface area contributed by atoms with Crippen molar-refractivity contribution in [2.45, 2.75) is 19.0 Å². The third kappa shape index (κ3) is 0.814. The fraction of sp³-hybridized carbons (Fsp3) is 0.857. The Kier molecular flexibility index (Phi) is 1.47. The molecule has 0 aromatic heterocycles. The molecule has 0 bridgehead atoms. The number of quaternary nitrogens is 1. The van der Waals surface area contributed by atoms with Crippen molar-refractivity contribution in [3.8, 4) is 0 Å². The number of carbonyl (C=O) groups is 1. The first-order chi connectivity index (χ1) is 4.51. The lowest BCUT2D eigenvalue weighted by Crippen LogP contribution is -2.23. The van der Waals surface area contributed by atoms with Crippen molar-refractivity contribution < 1.29 is 14.0 Å². The summed E-state index contributed by atoms with van der Waals surface area (Å²) >= 11 is 0. The smallest absolute Gasteiger partial charge is 0.371 e. The molecule has 10 heavy (non-hydrogen) atoms. The van der Waals surface area contributed by atoms with E-state index in [2.05, 4.69) is 11.7 Å². The standard InChI is InChI=1S/C7H14NO2/c1-5-6(7(9)10-4)8(5,2)3/h5-6H,1-4H3/q+1/t5-,6+/m0/s1. The van der Waals surface area contributed by atoms with Crippen LogP contribution in [-0.2, 0) is 9.53 Å². The Balaban J connectivity index is 2.57. The van der Waals surface area contributed by atoms with E-state index in [0.717, 1.165) is 4.48 Å². The van der Waals surface area contributed by atoms with Crippen molar-refractivity contribution in [2.75, 3.05) is 21.2 Å². The number of ether oxygens (including phenoxy) is 1. The highest BCUT2D eigenvalue weighted by Crippen LogP contribution is 2.34. The van der Waals surface area contributed by atoms with Crippen LogP contribution in [0.25, 0.3) is 0 Å². The van der Waals surface area contributed by atoms with Crippen LogP contribution in [0.4, 0.5) is 0 Å². The van der Waals surface area contributed by atoms with Gasteiger partial charge in [0.1, 0.15) is 0 Å². The van der Waals surface area contributed by atoms with Crippen LogP contribution in [0.3, 0.4) is 0 Å². The minimum atomic E-state index is -0.0856. The van der Waals surface area contributed by atoms with Gasteiger partial charge in [-0.25, -0.2) is 4.79 Å². The number of hydrogen-bond donors (Lipinski definition) is 0. The summed E-state index contributed by atoms with van der Waals surface area (Å²) in [7, 11) is 5.51. The van der Waals surface area contributed by atoms with Gasteiger partial charge in [-0.2, -0.15) is 0 Å². The fourth-order valence-corrected chi connectivity index (χ4v) is 1.37. The number of carbonyl (C=O) groups excluding carboxylic acids is 1. The van der Waals surface area contributed by atoms with E-state index in [9.17, 15) is 4.79 Å². The summed E-state index contributed by atoms with van der Waals surface area (Å²) in [4.78, 5) is 11.0. The SMILES string of the molecule is COC(=O)[C@H]1[C@H](C)[N+]1(C)C. The molecule has 1 aliphatic heterocycles. The first-order valence-corrected chi connectivity index (χ1v) is 3.43. The Labute approximate surface area is 61.2 Å². The van der Waals surface area contributed by atoms with Crippen molar-refractivity contribution in [3.63, 3.8) is 0 Å². The molecule has 1 fully saturated rings. The molecule has 0 spiro atoms. The summed E-state index contributed by atoms with van der Waals surface area (Å²) in [6.45, 7) is 2.06. The third-order valence-electron chi connectivity index (χ3n) is 2.58. The van der Waals surface area contributed by atoms with Gasteiger partial charge in [0.25, 0.3) is 0 Å². The normalized spacial score (nSPS) is 35.2. The van der Waals surface area contributed by atoms with Gasteiger partial charge in [-0.3, -0.25) is 0 Å². The van der Waals surface area contributed by atoms with Gasteiger partial charge in [0.2, 0.25) is 6.04 Å². The quantitative estimate of drug-likeness (QED) is 0.294. The van der Waals surface area contributed by atoms with E-state index in [4.69, 9.17) is 0 Å². The molecule has 0 unspecified atom stereocenters. The third-order valence-corrected chi connectivity index (χ3v) is 2.58. The first-order valence-electron chi connectivity index (χ1n) is 3.43. The second-order valence-corrected chi connectivity index (χ2v) is 3.34. The van der Waals surface area contributed by atoms with Gasteiger partial charge >= 0.3 is 5.97 Å². The summed E-state index contributed by atoms with van der Waals surface area (Å²) in [5.41, 5.74) is 0. The van der Waals surface area contributed by atoms with E-state index < -0.39 is 0 Å². The van der Waals surface area contributed by atoms with Crippen LogP contribution < -0.4 is 0 Å². The van der Waals surface area contributed by atoms with Gasteiger partial charge in [-0.15, -0.1) is 0 Å². The second-order valence-electron chi connectivity index (χ2n) is 3.34. The number of esters is 1. The van der Waals surface area contributed by atoms with Gasteiger partial charge < -0.3 is 9.22 Å². The van der Waals surface area contributed by atoms with E-state index >= 15 is 0 Å². The Hall–Kier alpha value is -0.570. The predicted octanol–water partition coefficient (Wildman–Crippen LogP) is 0.00650. The Morgan fingerprint density at radius 3 is 2.00 bits per heavy atom. The zero-order valence-corrected chi connectivity index (χ0v) is 6.92. The van der Waals surface area contributed by atoms with Crippen LogP contribution in [-0.4, -0.2) is 43.7 Å². The summed E-state index contributed by atoms with van der Waals surface area (Å²) in [6, 6.07) is 0.498. The van der Waals surface area contributed by atoms with Crippen molar-refractivity contribution in [3.05, 3.63) is 0 Å². The van der Waals surface area contributed by atoms with E-state index in [1.165, 1.54) is 7.11 Å². The van der Waals surface area contributed by atoms with Gasteiger partial charge in [0.05, 0.1) is 21.2 Å². The topological polar surface area (TPSA) is 26.3 Å². The maximum Gasteiger partial charge on any atom is 0.371 e. The van der Waals surface area contributed by atoms with Crippen LogP contribution in [0, 0.1) is 0 Å². The zero-order valence-electron chi connectivity index (χ0n) is 6.92. The van der Waals surface area contributed by atoms with Crippen molar-refractivity contribution in [2.24, 2.45) is 0 Å². The minimum Gasteiger partial charge on any atom is -0.464 e. The molecule has 1 rings (SSSR count). The monoisotopic (exact) mass is 144 g/mol. The second kappa shape index (κ2) is 1.95. The van der Waals surface area contributed by atoms with E-state index in [1.807, 2.05) is 14.1 Å². The van der Waals surface area contributed by atoms with Gasteiger partial charge in [0.15, 0.2) is 6.04 Å². The molecule has 0 aromatic rings. The molecule has 58 valence electrons. The van der Waals surface area contributed by atoms with Gasteiger partial charge in [-0.1, -0.05) is 0 Å².